The zero-order chi connectivity index (χ0) is 13.1. The Labute approximate surface area is 107 Å². The van der Waals surface area contributed by atoms with E-state index in [2.05, 4.69) is 0 Å². The lowest BCUT2D eigenvalue weighted by atomic mass is 10.4. The van der Waals surface area contributed by atoms with Crippen molar-refractivity contribution in [3.63, 3.8) is 0 Å². The van der Waals surface area contributed by atoms with Crippen LogP contribution in [0.2, 0.25) is 0 Å². The van der Waals surface area contributed by atoms with Gasteiger partial charge in [-0.25, -0.2) is 0 Å². The summed E-state index contributed by atoms with van der Waals surface area (Å²) in [5, 5.41) is 0. The van der Waals surface area contributed by atoms with Crippen LogP contribution in [-0.2, 0) is 28.5 Å². The van der Waals surface area contributed by atoms with E-state index in [0.717, 1.165) is 6.42 Å². The van der Waals surface area contributed by atoms with Gasteiger partial charge in [-0.2, -0.15) is 0 Å². The van der Waals surface area contributed by atoms with Crippen molar-refractivity contribution in [2.24, 2.45) is 0 Å². The van der Waals surface area contributed by atoms with Crippen LogP contribution in [0.1, 0.15) is 25.7 Å². The maximum absolute atomic E-state index is 11.2. The van der Waals surface area contributed by atoms with Crippen LogP contribution in [0.5, 0.6) is 0 Å². The van der Waals surface area contributed by atoms with E-state index in [1.165, 1.54) is 0 Å². The first-order valence-electron chi connectivity index (χ1n) is 6.26. The van der Waals surface area contributed by atoms with Crippen molar-refractivity contribution < 1.29 is 28.5 Å². The monoisotopic (exact) mass is 260 g/mol. The van der Waals surface area contributed by atoms with E-state index >= 15 is 0 Å². The first-order valence-corrected chi connectivity index (χ1v) is 6.26. The molecule has 1 heterocycles. The predicted molar refractivity (Wildman–Crippen MR) is 62.0 cm³/mol. The van der Waals surface area contributed by atoms with Gasteiger partial charge in [0.1, 0.15) is 0 Å². The Kier molecular flexibility index (Phi) is 8.16. The van der Waals surface area contributed by atoms with Crippen molar-refractivity contribution >= 4 is 11.9 Å². The molecule has 104 valence electrons. The topological polar surface area (TPSA) is 71.1 Å². The number of carbonyl (C=O) groups is 2. The fourth-order valence-corrected chi connectivity index (χ4v) is 1.35. The lowest BCUT2D eigenvalue weighted by Crippen LogP contribution is -2.14. The minimum Gasteiger partial charge on any atom is -0.465 e. The molecular formula is C12H20O6. The maximum atomic E-state index is 11.2. The van der Waals surface area contributed by atoms with Gasteiger partial charge in [-0.05, 0) is 6.42 Å². The summed E-state index contributed by atoms with van der Waals surface area (Å²) >= 11 is 0. The molecule has 0 aromatic carbocycles. The van der Waals surface area contributed by atoms with Gasteiger partial charge in [0.2, 0.25) is 0 Å². The molecule has 0 aliphatic carbocycles. The average molecular weight is 260 g/mol. The molecule has 1 aliphatic heterocycles. The highest BCUT2D eigenvalue weighted by molar-refractivity contribution is 5.69. The molecule has 0 saturated carbocycles. The molecule has 1 saturated heterocycles. The molecule has 0 aromatic rings. The van der Waals surface area contributed by atoms with Gasteiger partial charge in [-0.3, -0.25) is 9.59 Å². The van der Waals surface area contributed by atoms with E-state index in [9.17, 15) is 9.59 Å². The molecule has 0 amide bonds. The van der Waals surface area contributed by atoms with Crippen molar-refractivity contribution in [1.82, 2.24) is 0 Å². The smallest absolute Gasteiger partial charge is 0.308 e. The molecule has 1 aliphatic rings. The van der Waals surface area contributed by atoms with E-state index in [0.29, 0.717) is 32.8 Å². The summed E-state index contributed by atoms with van der Waals surface area (Å²) in [7, 11) is 0. The molecule has 0 spiro atoms. The van der Waals surface area contributed by atoms with Gasteiger partial charge in [0.25, 0.3) is 0 Å². The Morgan fingerprint density at radius 2 is 1.06 bits per heavy atom. The SMILES string of the molecule is O=C1CCOCCCOCCC(=O)OCCCO1. The van der Waals surface area contributed by atoms with Gasteiger partial charge in [0.05, 0.1) is 39.3 Å². The number of hydrogen-bond acceptors (Lipinski definition) is 6. The molecule has 6 nitrogen and oxygen atoms in total. The fraction of sp³-hybridized carbons (Fsp3) is 0.833. The highest BCUT2D eigenvalue weighted by Gasteiger charge is 2.06. The van der Waals surface area contributed by atoms with E-state index < -0.39 is 0 Å². The van der Waals surface area contributed by atoms with Crippen LogP contribution in [0.25, 0.3) is 0 Å². The summed E-state index contributed by atoms with van der Waals surface area (Å²) in [6, 6.07) is 0. The van der Waals surface area contributed by atoms with Crippen molar-refractivity contribution in [3.05, 3.63) is 0 Å². The van der Waals surface area contributed by atoms with Gasteiger partial charge < -0.3 is 18.9 Å². The Bertz CT molecular complexity index is 229. The van der Waals surface area contributed by atoms with Crippen LogP contribution in [0.3, 0.4) is 0 Å². The molecule has 0 unspecified atom stereocenters. The molecule has 0 N–H and O–H groups in total. The molecule has 0 aromatic heterocycles. The zero-order valence-electron chi connectivity index (χ0n) is 10.5. The highest BCUT2D eigenvalue weighted by Crippen LogP contribution is 1.96. The Morgan fingerprint density at radius 1 is 0.611 bits per heavy atom. The fourth-order valence-electron chi connectivity index (χ4n) is 1.35. The molecule has 18 heavy (non-hydrogen) atoms. The average Bonchev–Trinajstić information content (AvgIpc) is 2.35. The normalized spacial score (nSPS) is 22.0. The molecule has 1 rings (SSSR count). The summed E-state index contributed by atoms with van der Waals surface area (Å²) < 4.78 is 20.4. The highest BCUT2D eigenvalue weighted by atomic mass is 16.5. The number of cyclic esters (lactones) is 2. The van der Waals surface area contributed by atoms with Gasteiger partial charge in [-0.15, -0.1) is 0 Å². The molecule has 0 bridgehead atoms. The van der Waals surface area contributed by atoms with E-state index in [4.69, 9.17) is 18.9 Å². The minimum absolute atomic E-state index is 0.251. The third-order valence-corrected chi connectivity index (χ3v) is 2.29. The number of carbonyl (C=O) groups excluding carboxylic acids is 2. The number of esters is 2. The van der Waals surface area contributed by atoms with Crippen molar-refractivity contribution in [1.29, 1.82) is 0 Å². The quantitative estimate of drug-likeness (QED) is 0.596. The summed E-state index contributed by atoms with van der Waals surface area (Å²) in [5.74, 6) is -0.575. The largest absolute Gasteiger partial charge is 0.465 e. The molecule has 1 fully saturated rings. The number of ether oxygens (including phenoxy) is 4. The van der Waals surface area contributed by atoms with E-state index in [1.807, 2.05) is 0 Å². The second kappa shape index (κ2) is 9.85. The lowest BCUT2D eigenvalue weighted by molar-refractivity contribution is -0.147. The minimum atomic E-state index is -0.287. The first kappa shape index (κ1) is 14.9. The van der Waals surface area contributed by atoms with E-state index in [1.54, 1.807) is 0 Å². The molecule has 0 radical (unpaired) electrons. The summed E-state index contributed by atoms with van der Waals surface area (Å²) in [4.78, 5) is 22.4. The van der Waals surface area contributed by atoms with Crippen LogP contribution in [0.15, 0.2) is 0 Å². The second-order valence-electron chi connectivity index (χ2n) is 3.87. The second-order valence-corrected chi connectivity index (χ2v) is 3.87. The van der Waals surface area contributed by atoms with Gasteiger partial charge in [0.15, 0.2) is 0 Å². The Morgan fingerprint density at radius 3 is 1.56 bits per heavy atom. The standard InChI is InChI=1S/C12H20O6/c13-11-3-9-15-5-1-6-16-10-4-12(14)18-8-2-7-17-11/h1-10H2. The van der Waals surface area contributed by atoms with Crippen LogP contribution in [0, 0.1) is 0 Å². The van der Waals surface area contributed by atoms with Crippen LogP contribution < -0.4 is 0 Å². The lowest BCUT2D eigenvalue weighted by Gasteiger charge is -2.09. The zero-order valence-corrected chi connectivity index (χ0v) is 10.5. The first-order chi connectivity index (χ1) is 8.79. The molecule has 0 atom stereocenters. The Balaban J connectivity index is 2.21. The molecule has 6 heteroatoms. The van der Waals surface area contributed by atoms with Crippen molar-refractivity contribution in [2.75, 3.05) is 39.6 Å². The third-order valence-electron chi connectivity index (χ3n) is 2.29. The van der Waals surface area contributed by atoms with Gasteiger partial charge in [0, 0.05) is 19.6 Å². The summed E-state index contributed by atoms with van der Waals surface area (Å²) in [5.41, 5.74) is 0. The van der Waals surface area contributed by atoms with E-state index in [-0.39, 0.29) is 38.0 Å². The summed E-state index contributed by atoms with van der Waals surface area (Å²) in [6.07, 6.45) is 1.75. The van der Waals surface area contributed by atoms with Crippen LogP contribution >= 0.6 is 0 Å². The maximum Gasteiger partial charge on any atom is 0.308 e. The van der Waals surface area contributed by atoms with Gasteiger partial charge in [-0.1, -0.05) is 0 Å². The summed E-state index contributed by atoms with van der Waals surface area (Å²) in [6.45, 7) is 2.35. The van der Waals surface area contributed by atoms with Crippen molar-refractivity contribution in [3.8, 4) is 0 Å². The van der Waals surface area contributed by atoms with Crippen molar-refractivity contribution in [2.45, 2.75) is 25.7 Å². The van der Waals surface area contributed by atoms with Crippen LogP contribution in [0.4, 0.5) is 0 Å². The number of rotatable bonds is 0. The van der Waals surface area contributed by atoms with Crippen LogP contribution in [-0.4, -0.2) is 51.6 Å². The molecular weight excluding hydrogens is 240 g/mol. The predicted octanol–water partition coefficient (Wildman–Crippen LogP) is 0.680. The number of hydrogen-bond donors (Lipinski definition) is 0. The third kappa shape index (κ3) is 8.03. The Hall–Kier alpha value is -1.14. The van der Waals surface area contributed by atoms with Gasteiger partial charge >= 0.3 is 11.9 Å².